The van der Waals surface area contributed by atoms with E-state index in [1.807, 2.05) is 0 Å². The minimum absolute atomic E-state index is 0.544. The summed E-state index contributed by atoms with van der Waals surface area (Å²) in [4.78, 5) is 0. The van der Waals surface area contributed by atoms with E-state index in [1.165, 1.54) is 24.0 Å². The van der Waals surface area contributed by atoms with Crippen molar-refractivity contribution < 1.29 is 0 Å². The van der Waals surface area contributed by atoms with Crippen LogP contribution in [0.15, 0.2) is 36.4 Å². The van der Waals surface area contributed by atoms with Crippen molar-refractivity contribution in [3.8, 4) is 0 Å². The van der Waals surface area contributed by atoms with E-state index in [-0.39, 0.29) is 0 Å². The summed E-state index contributed by atoms with van der Waals surface area (Å²) in [5.41, 5.74) is 9.20. The van der Waals surface area contributed by atoms with Gasteiger partial charge in [-0.15, -0.1) is 0 Å². The van der Waals surface area contributed by atoms with Crippen LogP contribution < -0.4 is 0 Å². The highest BCUT2D eigenvalue weighted by Gasteiger charge is 2.27. The highest BCUT2D eigenvalue weighted by atomic mass is 14.3. The van der Waals surface area contributed by atoms with Crippen LogP contribution in [0.2, 0.25) is 0 Å². The number of hydrogen-bond donors (Lipinski definition) is 0. The predicted molar refractivity (Wildman–Crippen MR) is 86.4 cm³/mol. The topological polar surface area (TPSA) is 0 Å². The maximum atomic E-state index is 2.36. The molecule has 1 aliphatic carbocycles. The van der Waals surface area contributed by atoms with Gasteiger partial charge in [-0.2, -0.15) is 0 Å². The van der Waals surface area contributed by atoms with E-state index in [4.69, 9.17) is 0 Å². The lowest BCUT2D eigenvalue weighted by atomic mass is 9.79. The quantitative estimate of drug-likeness (QED) is 0.665. The number of hydrogen-bond acceptors (Lipinski definition) is 0. The number of rotatable bonds is 1. The molecule has 0 bridgehead atoms. The first kappa shape index (κ1) is 13.4. The molecule has 104 valence electrons. The normalized spacial score (nSPS) is 14.8. The van der Waals surface area contributed by atoms with Crippen LogP contribution in [0.25, 0.3) is 0 Å². The van der Waals surface area contributed by atoms with Crippen molar-refractivity contribution in [1.29, 1.82) is 0 Å². The summed E-state index contributed by atoms with van der Waals surface area (Å²) in [6.07, 6.45) is 2.37. The van der Waals surface area contributed by atoms with E-state index >= 15 is 0 Å². The van der Waals surface area contributed by atoms with Crippen LogP contribution in [-0.2, 0) is 12.8 Å². The van der Waals surface area contributed by atoms with Crippen LogP contribution in [0.5, 0.6) is 0 Å². The van der Waals surface area contributed by atoms with Crippen molar-refractivity contribution in [2.45, 2.75) is 46.5 Å². The zero-order valence-corrected chi connectivity index (χ0v) is 13.0. The largest absolute Gasteiger partial charge is 0.0619 e. The fourth-order valence-corrected chi connectivity index (χ4v) is 3.85. The predicted octanol–water partition coefficient (Wildman–Crippen LogP) is 5.19. The van der Waals surface area contributed by atoms with Crippen molar-refractivity contribution in [1.82, 2.24) is 0 Å². The molecule has 0 atom stereocenters. The zero-order valence-electron chi connectivity index (χ0n) is 13.0. The van der Waals surface area contributed by atoms with Gasteiger partial charge in [0, 0.05) is 5.92 Å². The molecule has 0 aliphatic heterocycles. The fraction of sp³-hybridized carbons (Fsp3) is 0.400. The van der Waals surface area contributed by atoms with Crippen molar-refractivity contribution in [3.63, 3.8) is 0 Å². The average molecular weight is 264 g/mol. The highest BCUT2D eigenvalue weighted by molar-refractivity contribution is 5.49. The van der Waals surface area contributed by atoms with E-state index in [0.717, 1.165) is 0 Å². The second-order valence-electron chi connectivity index (χ2n) is 6.51. The molecular weight excluding hydrogens is 240 g/mol. The first-order valence-electron chi connectivity index (χ1n) is 7.76. The van der Waals surface area contributed by atoms with Crippen molar-refractivity contribution in [2.75, 3.05) is 0 Å². The monoisotopic (exact) mass is 264 g/mol. The molecule has 2 aromatic rings. The van der Waals surface area contributed by atoms with Gasteiger partial charge < -0.3 is 0 Å². The van der Waals surface area contributed by atoms with Crippen LogP contribution in [0, 0.1) is 19.8 Å². The molecule has 2 aromatic carbocycles. The Bertz CT molecular complexity index is 581. The summed E-state index contributed by atoms with van der Waals surface area (Å²) >= 11 is 0. The molecule has 0 amide bonds. The first-order valence-corrected chi connectivity index (χ1v) is 7.76. The molecule has 3 rings (SSSR count). The summed E-state index contributed by atoms with van der Waals surface area (Å²) in [6, 6.07) is 13.7. The van der Waals surface area contributed by atoms with E-state index in [0.29, 0.717) is 11.8 Å². The zero-order chi connectivity index (χ0) is 14.3. The maximum absolute atomic E-state index is 2.36. The molecule has 0 heterocycles. The van der Waals surface area contributed by atoms with Gasteiger partial charge in [0.1, 0.15) is 0 Å². The van der Waals surface area contributed by atoms with Gasteiger partial charge in [0.2, 0.25) is 0 Å². The number of aryl methyl sites for hydroxylation is 2. The summed E-state index contributed by atoms with van der Waals surface area (Å²) < 4.78 is 0. The molecule has 0 spiro atoms. The molecule has 1 aliphatic rings. The van der Waals surface area contributed by atoms with Crippen LogP contribution >= 0.6 is 0 Å². The molecule has 0 radical (unpaired) electrons. The standard InChI is InChI=1S/C20H24/c1-13(2)20-18-9-5-7-14(3)16(18)11-12-17-15(4)8-6-10-19(17)20/h5-10,13,20H,11-12H2,1-4H3. The Hall–Kier alpha value is -1.56. The molecule has 0 aromatic heterocycles. The summed E-state index contributed by atoms with van der Waals surface area (Å²) in [6.45, 7) is 9.24. The SMILES string of the molecule is Cc1cccc2c1CCc1c(C)cccc1C2C(C)C. The second-order valence-corrected chi connectivity index (χ2v) is 6.51. The van der Waals surface area contributed by atoms with Crippen molar-refractivity contribution >= 4 is 0 Å². The van der Waals surface area contributed by atoms with E-state index < -0.39 is 0 Å². The summed E-state index contributed by atoms with van der Waals surface area (Å²) in [5.74, 6) is 1.18. The van der Waals surface area contributed by atoms with Gasteiger partial charge in [0.05, 0.1) is 0 Å². The molecule has 0 saturated heterocycles. The molecule has 20 heavy (non-hydrogen) atoms. The molecule has 0 unspecified atom stereocenters. The smallest absolute Gasteiger partial charge is 0.0118 e. The number of fused-ring (bicyclic) bond motifs is 2. The van der Waals surface area contributed by atoms with Crippen molar-refractivity contribution in [3.05, 3.63) is 69.8 Å². The first-order chi connectivity index (χ1) is 9.59. The van der Waals surface area contributed by atoms with Gasteiger partial charge in [0.15, 0.2) is 0 Å². The lowest BCUT2D eigenvalue weighted by Crippen LogP contribution is -2.11. The van der Waals surface area contributed by atoms with Gasteiger partial charge >= 0.3 is 0 Å². The third-order valence-corrected chi connectivity index (χ3v) is 4.85. The molecular formula is C20H24. The Labute approximate surface area is 122 Å². The van der Waals surface area contributed by atoms with Crippen LogP contribution in [0.1, 0.15) is 53.1 Å². The lowest BCUT2D eigenvalue weighted by Gasteiger charge is -2.25. The Morgan fingerprint density at radius 2 is 1.25 bits per heavy atom. The molecule has 0 N–H and O–H groups in total. The fourth-order valence-electron chi connectivity index (χ4n) is 3.85. The molecule has 0 nitrogen and oxygen atoms in total. The van der Waals surface area contributed by atoms with Crippen LogP contribution in [0.3, 0.4) is 0 Å². The third kappa shape index (κ3) is 2.08. The van der Waals surface area contributed by atoms with Gasteiger partial charge in [-0.1, -0.05) is 50.2 Å². The third-order valence-electron chi connectivity index (χ3n) is 4.85. The van der Waals surface area contributed by atoms with Crippen LogP contribution in [-0.4, -0.2) is 0 Å². The van der Waals surface area contributed by atoms with Gasteiger partial charge in [0.25, 0.3) is 0 Å². The van der Waals surface area contributed by atoms with Gasteiger partial charge in [-0.05, 0) is 66.0 Å². The average Bonchev–Trinajstić information content (AvgIpc) is 2.57. The molecule has 0 fully saturated rings. The Balaban J connectivity index is 2.27. The Morgan fingerprint density at radius 3 is 1.65 bits per heavy atom. The van der Waals surface area contributed by atoms with E-state index in [9.17, 15) is 0 Å². The van der Waals surface area contributed by atoms with Gasteiger partial charge in [-0.3, -0.25) is 0 Å². The Morgan fingerprint density at radius 1 is 0.800 bits per heavy atom. The minimum Gasteiger partial charge on any atom is -0.0619 e. The highest BCUT2D eigenvalue weighted by Crippen LogP contribution is 2.40. The maximum Gasteiger partial charge on any atom is 0.0118 e. The summed E-state index contributed by atoms with van der Waals surface area (Å²) in [7, 11) is 0. The van der Waals surface area contributed by atoms with Crippen molar-refractivity contribution in [2.24, 2.45) is 5.92 Å². The van der Waals surface area contributed by atoms with E-state index in [2.05, 4.69) is 64.1 Å². The van der Waals surface area contributed by atoms with E-state index in [1.54, 1.807) is 22.3 Å². The molecule has 0 saturated carbocycles. The second kappa shape index (κ2) is 5.09. The number of benzene rings is 2. The summed E-state index contributed by atoms with van der Waals surface area (Å²) in [5, 5.41) is 0. The Kier molecular flexibility index (Phi) is 3.41. The lowest BCUT2D eigenvalue weighted by molar-refractivity contribution is 0.561. The van der Waals surface area contributed by atoms with Gasteiger partial charge in [-0.25, -0.2) is 0 Å². The van der Waals surface area contributed by atoms with Crippen LogP contribution in [0.4, 0.5) is 0 Å². The molecule has 0 heteroatoms. The minimum atomic E-state index is 0.544.